The lowest BCUT2D eigenvalue weighted by molar-refractivity contribution is -0.125. The third-order valence-electron chi connectivity index (χ3n) is 5.64. The van der Waals surface area contributed by atoms with Gasteiger partial charge in [-0.1, -0.05) is 12.1 Å². The second-order valence-corrected chi connectivity index (χ2v) is 7.79. The third-order valence-corrected chi connectivity index (χ3v) is 5.64. The van der Waals surface area contributed by atoms with Gasteiger partial charge in [0.25, 0.3) is 11.8 Å². The summed E-state index contributed by atoms with van der Waals surface area (Å²) in [4.78, 5) is 26.9. The Labute approximate surface area is 181 Å². The van der Waals surface area contributed by atoms with Crippen molar-refractivity contribution in [2.24, 2.45) is 0 Å². The highest BCUT2D eigenvalue weighted by molar-refractivity contribution is 5.97. The Kier molecular flexibility index (Phi) is 6.39. The van der Waals surface area contributed by atoms with E-state index in [1.165, 1.54) is 0 Å². The molecule has 8 heteroatoms. The number of methoxy groups -OCH3 is 1. The molecule has 31 heavy (non-hydrogen) atoms. The van der Waals surface area contributed by atoms with Gasteiger partial charge in [-0.15, -0.1) is 0 Å². The number of anilines is 2. The normalized spacial score (nSPS) is 21.5. The zero-order valence-electron chi connectivity index (χ0n) is 17.6. The Hall–Kier alpha value is -3.10. The fourth-order valence-corrected chi connectivity index (χ4v) is 4.06. The Morgan fingerprint density at radius 2 is 2.00 bits per heavy atom. The highest BCUT2D eigenvalue weighted by Gasteiger charge is 2.34. The standard InChI is InChI=1S/C23H28N4O4/c1-30-20-6-3-2-5-19(20)22(29)26-23(11-4-12-24-16-23)25-17-7-9-18(10-8-17)27-13-14-31-15-21(27)28/h2-3,5-10,24-25H,4,11-16H2,1H3,(H,26,29)/t23-/m1/s1. The van der Waals surface area contributed by atoms with Crippen LogP contribution < -0.4 is 25.6 Å². The first-order chi connectivity index (χ1) is 15.1. The van der Waals surface area contributed by atoms with Crippen LogP contribution in [0.2, 0.25) is 0 Å². The van der Waals surface area contributed by atoms with E-state index in [0.717, 1.165) is 30.8 Å². The number of hydrogen-bond donors (Lipinski definition) is 3. The Morgan fingerprint density at radius 1 is 1.19 bits per heavy atom. The number of carbonyl (C=O) groups excluding carboxylic acids is 2. The van der Waals surface area contributed by atoms with E-state index < -0.39 is 5.66 Å². The maximum atomic E-state index is 13.1. The summed E-state index contributed by atoms with van der Waals surface area (Å²) >= 11 is 0. The molecule has 0 aliphatic carbocycles. The number of nitrogens with zero attached hydrogens (tertiary/aromatic N) is 1. The summed E-state index contributed by atoms with van der Waals surface area (Å²) in [5.74, 6) is 0.312. The third kappa shape index (κ3) is 4.81. The zero-order chi connectivity index (χ0) is 21.7. The van der Waals surface area contributed by atoms with Crippen LogP contribution in [0.1, 0.15) is 23.2 Å². The van der Waals surface area contributed by atoms with E-state index in [1.807, 2.05) is 36.4 Å². The molecule has 164 valence electrons. The smallest absolute Gasteiger partial charge is 0.256 e. The summed E-state index contributed by atoms with van der Waals surface area (Å²) in [6, 6.07) is 14.9. The lowest BCUT2D eigenvalue weighted by Crippen LogP contribution is -2.62. The summed E-state index contributed by atoms with van der Waals surface area (Å²) in [5, 5.41) is 10.1. The van der Waals surface area contributed by atoms with Gasteiger partial charge in [-0.3, -0.25) is 9.59 Å². The van der Waals surface area contributed by atoms with Gasteiger partial charge in [-0.05, 0) is 55.8 Å². The van der Waals surface area contributed by atoms with Gasteiger partial charge in [0.15, 0.2) is 0 Å². The van der Waals surface area contributed by atoms with Gasteiger partial charge in [-0.2, -0.15) is 0 Å². The van der Waals surface area contributed by atoms with Crippen molar-refractivity contribution in [3.63, 3.8) is 0 Å². The number of nitrogens with one attached hydrogen (secondary N) is 3. The molecule has 2 aliphatic heterocycles. The van der Waals surface area contributed by atoms with Gasteiger partial charge in [0.1, 0.15) is 18.0 Å². The van der Waals surface area contributed by atoms with Crippen molar-refractivity contribution in [1.82, 2.24) is 10.6 Å². The van der Waals surface area contributed by atoms with Gasteiger partial charge in [-0.25, -0.2) is 0 Å². The number of benzene rings is 2. The minimum Gasteiger partial charge on any atom is -0.496 e. The molecule has 8 nitrogen and oxygen atoms in total. The van der Waals surface area contributed by atoms with Crippen LogP contribution in [-0.4, -0.2) is 57.4 Å². The van der Waals surface area contributed by atoms with E-state index in [2.05, 4.69) is 16.0 Å². The number of ether oxygens (including phenoxy) is 2. The number of piperidine rings is 1. The largest absolute Gasteiger partial charge is 0.496 e. The fourth-order valence-electron chi connectivity index (χ4n) is 4.06. The highest BCUT2D eigenvalue weighted by atomic mass is 16.5. The molecule has 0 radical (unpaired) electrons. The van der Waals surface area contributed by atoms with Crippen LogP contribution in [0.15, 0.2) is 48.5 Å². The van der Waals surface area contributed by atoms with E-state index in [-0.39, 0.29) is 18.4 Å². The second kappa shape index (κ2) is 9.36. The molecule has 0 unspecified atom stereocenters. The van der Waals surface area contributed by atoms with Gasteiger partial charge in [0.05, 0.1) is 19.3 Å². The van der Waals surface area contributed by atoms with Crippen LogP contribution in [0.25, 0.3) is 0 Å². The Bertz CT molecular complexity index is 925. The second-order valence-electron chi connectivity index (χ2n) is 7.79. The summed E-state index contributed by atoms with van der Waals surface area (Å²) < 4.78 is 10.5. The first kappa shape index (κ1) is 21.1. The van der Waals surface area contributed by atoms with Crippen molar-refractivity contribution in [3.05, 3.63) is 54.1 Å². The molecule has 2 heterocycles. The molecule has 0 aromatic heterocycles. The van der Waals surface area contributed by atoms with Gasteiger partial charge < -0.3 is 30.3 Å². The monoisotopic (exact) mass is 424 g/mol. The summed E-state index contributed by atoms with van der Waals surface area (Å²) in [5.41, 5.74) is 1.58. The minimum atomic E-state index is -0.632. The number of rotatable bonds is 6. The van der Waals surface area contributed by atoms with E-state index in [0.29, 0.717) is 31.0 Å². The van der Waals surface area contributed by atoms with Crippen LogP contribution in [0, 0.1) is 0 Å². The van der Waals surface area contributed by atoms with Crippen LogP contribution in [0.4, 0.5) is 11.4 Å². The van der Waals surface area contributed by atoms with Gasteiger partial charge >= 0.3 is 0 Å². The van der Waals surface area contributed by atoms with Crippen LogP contribution in [0.5, 0.6) is 5.75 Å². The SMILES string of the molecule is COc1ccccc1C(=O)N[C@]1(Nc2ccc(N3CCOCC3=O)cc2)CCCNC1. The number of morpholine rings is 1. The van der Waals surface area contributed by atoms with Gasteiger partial charge in [0, 0.05) is 24.5 Å². The molecule has 1 atom stereocenters. The molecule has 2 saturated heterocycles. The average molecular weight is 425 g/mol. The van der Waals surface area contributed by atoms with E-state index >= 15 is 0 Å². The van der Waals surface area contributed by atoms with Crippen LogP contribution in [-0.2, 0) is 9.53 Å². The number of para-hydroxylation sites is 1. The molecule has 2 fully saturated rings. The van der Waals surface area contributed by atoms with E-state index in [1.54, 1.807) is 24.1 Å². The molecule has 2 amide bonds. The molecular formula is C23H28N4O4. The first-order valence-electron chi connectivity index (χ1n) is 10.5. The molecule has 2 aliphatic rings. The van der Waals surface area contributed by atoms with Crippen molar-refractivity contribution in [1.29, 1.82) is 0 Å². The molecule has 2 aromatic carbocycles. The van der Waals surface area contributed by atoms with Crippen molar-refractivity contribution < 1.29 is 19.1 Å². The molecule has 0 spiro atoms. The number of amides is 2. The topological polar surface area (TPSA) is 91.9 Å². The first-order valence-corrected chi connectivity index (χ1v) is 10.5. The number of carbonyl (C=O) groups is 2. The minimum absolute atomic E-state index is 0.0380. The van der Waals surface area contributed by atoms with Crippen LogP contribution in [0.3, 0.4) is 0 Å². The fraction of sp³-hybridized carbons (Fsp3) is 0.391. The molecule has 0 bridgehead atoms. The van der Waals surface area contributed by atoms with Crippen LogP contribution >= 0.6 is 0 Å². The quantitative estimate of drug-likeness (QED) is 0.615. The predicted molar refractivity (Wildman–Crippen MR) is 119 cm³/mol. The van der Waals surface area contributed by atoms with Gasteiger partial charge in [0.2, 0.25) is 0 Å². The molecule has 4 rings (SSSR count). The lowest BCUT2D eigenvalue weighted by Gasteiger charge is -2.40. The average Bonchev–Trinajstić information content (AvgIpc) is 2.80. The van der Waals surface area contributed by atoms with Crippen molar-refractivity contribution >= 4 is 23.2 Å². The van der Waals surface area contributed by atoms with Crippen molar-refractivity contribution in [2.45, 2.75) is 18.5 Å². The lowest BCUT2D eigenvalue weighted by atomic mass is 9.98. The summed E-state index contributed by atoms with van der Waals surface area (Å²) in [6.07, 6.45) is 1.71. The summed E-state index contributed by atoms with van der Waals surface area (Å²) in [7, 11) is 1.56. The van der Waals surface area contributed by atoms with E-state index in [9.17, 15) is 9.59 Å². The maximum absolute atomic E-state index is 13.1. The zero-order valence-corrected chi connectivity index (χ0v) is 17.6. The van der Waals surface area contributed by atoms with Crippen molar-refractivity contribution in [2.75, 3.05) is 50.2 Å². The molecule has 0 saturated carbocycles. The highest BCUT2D eigenvalue weighted by Crippen LogP contribution is 2.25. The molecular weight excluding hydrogens is 396 g/mol. The summed E-state index contributed by atoms with van der Waals surface area (Å²) in [6.45, 7) is 2.71. The molecule has 3 N–H and O–H groups in total. The maximum Gasteiger partial charge on any atom is 0.256 e. The predicted octanol–water partition coefficient (Wildman–Crippen LogP) is 1.98. The Morgan fingerprint density at radius 3 is 2.71 bits per heavy atom. The molecule has 2 aromatic rings. The van der Waals surface area contributed by atoms with E-state index in [4.69, 9.17) is 9.47 Å². The van der Waals surface area contributed by atoms with Crippen molar-refractivity contribution in [3.8, 4) is 5.75 Å². The number of hydrogen-bond acceptors (Lipinski definition) is 6. The Balaban J connectivity index is 1.51.